The van der Waals surface area contributed by atoms with Gasteiger partial charge in [-0.1, -0.05) is 19.8 Å². The van der Waals surface area contributed by atoms with Gasteiger partial charge in [-0.3, -0.25) is 0 Å². The fraction of sp³-hybridized carbons (Fsp3) is 1.00. The van der Waals surface area contributed by atoms with Gasteiger partial charge >= 0.3 is 0 Å². The summed E-state index contributed by atoms with van der Waals surface area (Å²) in [7, 11) is 0. The zero-order valence-electron chi connectivity index (χ0n) is 8.06. The molecule has 0 fully saturated rings. The fourth-order valence-electron chi connectivity index (χ4n) is 0.999. The summed E-state index contributed by atoms with van der Waals surface area (Å²) in [6.07, 6.45) is 3.86. The molecule has 0 aliphatic carbocycles. The van der Waals surface area contributed by atoms with Crippen LogP contribution in [0.4, 0.5) is 0 Å². The Balaban J connectivity index is 3.15. The molecular formula is C9H22N2. The maximum Gasteiger partial charge on any atom is 0.0136 e. The van der Waals surface area contributed by atoms with E-state index in [2.05, 4.69) is 19.2 Å². The van der Waals surface area contributed by atoms with Crippen molar-refractivity contribution in [3.05, 3.63) is 0 Å². The highest BCUT2D eigenvalue weighted by Gasteiger charge is 2.00. The monoisotopic (exact) mass is 158 g/mol. The SMILES string of the molecule is CCCCC(C)NCC(C)N. The van der Waals surface area contributed by atoms with Gasteiger partial charge in [-0.25, -0.2) is 0 Å². The molecule has 0 saturated carbocycles. The standard InChI is InChI=1S/C9H22N2/c1-4-5-6-9(3)11-7-8(2)10/h8-9,11H,4-7,10H2,1-3H3. The zero-order valence-corrected chi connectivity index (χ0v) is 8.06. The fourth-order valence-corrected chi connectivity index (χ4v) is 0.999. The lowest BCUT2D eigenvalue weighted by atomic mass is 10.1. The highest BCUT2D eigenvalue weighted by atomic mass is 14.9. The Morgan fingerprint density at radius 2 is 2.00 bits per heavy atom. The van der Waals surface area contributed by atoms with Gasteiger partial charge in [0.25, 0.3) is 0 Å². The molecular weight excluding hydrogens is 136 g/mol. The molecule has 0 heterocycles. The molecule has 0 aromatic rings. The lowest BCUT2D eigenvalue weighted by Gasteiger charge is -2.14. The Bertz CT molecular complexity index is 81.6. The molecule has 3 N–H and O–H groups in total. The number of nitrogens with one attached hydrogen (secondary N) is 1. The van der Waals surface area contributed by atoms with Crippen LogP contribution in [0.3, 0.4) is 0 Å². The molecule has 0 radical (unpaired) electrons. The molecule has 0 saturated heterocycles. The first-order valence-electron chi connectivity index (χ1n) is 4.65. The van der Waals surface area contributed by atoms with Gasteiger partial charge in [0.05, 0.1) is 0 Å². The Kier molecular flexibility index (Phi) is 6.57. The lowest BCUT2D eigenvalue weighted by Crippen LogP contribution is -2.36. The lowest BCUT2D eigenvalue weighted by molar-refractivity contribution is 0.476. The van der Waals surface area contributed by atoms with Crippen molar-refractivity contribution >= 4 is 0 Å². The summed E-state index contributed by atoms with van der Waals surface area (Å²) in [5.74, 6) is 0. The molecule has 0 rings (SSSR count). The number of rotatable bonds is 6. The molecule has 2 heteroatoms. The molecule has 0 aromatic carbocycles. The maximum atomic E-state index is 5.61. The quantitative estimate of drug-likeness (QED) is 0.615. The molecule has 0 bridgehead atoms. The van der Waals surface area contributed by atoms with Crippen LogP contribution in [0.2, 0.25) is 0 Å². The average molecular weight is 158 g/mol. The Hall–Kier alpha value is -0.0800. The first-order chi connectivity index (χ1) is 5.16. The number of nitrogens with two attached hydrogens (primary N) is 1. The molecule has 2 nitrogen and oxygen atoms in total. The van der Waals surface area contributed by atoms with E-state index in [4.69, 9.17) is 5.73 Å². The maximum absolute atomic E-state index is 5.61. The van der Waals surface area contributed by atoms with Crippen LogP contribution in [0.5, 0.6) is 0 Å². The predicted molar refractivity (Wildman–Crippen MR) is 50.6 cm³/mol. The van der Waals surface area contributed by atoms with Gasteiger partial charge in [-0.15, -0.1) is 0 Å². The van der Waals surface area contributed by atoms with Crippen LogP contribution in [-0.4, -0.2) is 18.6 Å². The number of unbranched alkanes of at least 4 members (excludes halogenated alkanes) is 1. The summed E-state index contributed by atoms with van der Waals surface area (Å²) in [6, 6.07) is 0.903. The van der Waals surface area contributed by atoms with E-state index in [0.717, 1.165) is 6.54 Å². The van der Waals surface area contributed by atoms with Crippen molar-refractivity contribution in [2.45, 2.75) is 52.1 Å². The highest BCUT2D eigenvalue weighted by Crippen LogP contribution is 1.98. The van der Waals surface area contributed by atoms with E-state index in [9.17, 15) is 0 Å². The van der Waals surface area contributed by atoms with Crippen LogP contribution in [0.1, 0.15) is 40.0 Å². The van der Waals surface area contributed by atoms with E-state index < -0.39 is 0 Å². The first kappa shape index (κ1) is 10.9. The van der Waals surface area contributed by atoms with Crippen LogP contribution in [0.25, 0.3) is 0 Å². The third-order valence-electron chi connectivity index (χ3n) is 1.78. The topological polar surface area (TPSA) is 38.0 Å². The van der Waals surface area contributed by atoms with Crippen LogP contribution in [0, 0.1) is 0 Å². The third kappa shape index (κ3) is 7.82. The highest BCUT2D eigenvalue weighted by molar-refractivity contribution is 4.64. The Morgan fingerprint density at radius 1 is 1.36 bits per heavy atom. The molecule has 0 aromatic heterocycles. The predicted octanol–water partition coefficient (Wildman–Crippen LogP) is 1.50. The van der Waals surface area contributed by atoms with Gasteiger partial charge < -0.3 is 11.1 Å². The minimum atomic E-state index is 0.277. The summed E-state index contributed by atoms with van der Waals surface area (Å²) < 4.78 is 0. The largest absolute Gasteiger partial charge is 0.327 e. The normalized spacial score (nSPS) is 16.4. The van der Waals surface area contributed by atoms with Crippen LogP contribution < -0.4 is 11.1 Å². The smallest absolute Gasteiger partial charge is 0.0136 e. The minimum absolute atomic E-state index is 0.277. The van der Waals surface area contributed by atoms with Crippen molar-refractivity contribution in [1.82, 2.24) is 5.32 Å². The van der Waals surface area contributed by atoms with Crippen molar-refractivity contribution in [3.8, 4) is 0 Å². The molecule has 2 atom stereocenters. The van der Waals surface area contributed by atoms with Crippen molar-refractivity contribution < 1.29 is 0 Å². The summed E-state index contributed by atoms with van der Waals surface area (Å²) in [6.45, 7) is 7.40. The molecule has 0 aliphatic rings. The minimum Gasteiger partial charge on any atom is -0.327 e. The molecule has 0 aliphatic heterocycles. The zero-order chi connectivity index (χ0) is 8.69. The molecule has 11 heavy (non-hydrogen) atoms. The van der Waals surface area contributed by atoms with Gasteiger partial charge in [0.15, 0.2) is 0 Å². The average Bonchev–Trinajstić information content (AvgIpc) is 1.97. The van der Waals surface area contributed by atoms with Crippen LogP contribution in [-0.2, 0) is 0 Å². The van der Waals surface area contributed by atoms with Gasteiger partial charge in [0.1, 0.15) is 0 Å². The summed E-state index contributed by atoms with van der Waals surface area (Å²) in [5.41, 5.74) is 5.61. The van der Waals surface area contributed by atoms with Gasteiger partial charge in [-0.05, 0) is 20.3 Å². The second-order valence-corrected chi connectivity index (χ2v) is 3.43. The van der Waals surface area contributed by atoms with Crippen molar-refractivity contribution in [1.29, 1.82) is 0 Å². The van der Waals surface area contributed by atoms with Crippen molar-refractivity contribution in [2.75, 3.05) is 6.54 Å². The van der Waals surface area contributed by atoms with Crippen LogP contribution >= 0.6 is 0 Å². The van der Waals surface area contributed by atoms with Crippen LogP contribution in [0.15, 0.2) is 0 Å². The second-order valence-electron chi connectivity index (χ2n) is 3.43. The summed E-state index contributed by atoms with van der Waals surface area (Å²) in [5, 5.41) is 3.39. The van der Waals surface area contributed by atoms with Gasteiger partial charge in [0, 0.05) is 18.6 Å². The number of hydrogen-bond acceptors (Lipinski definition) is 2. The third-order valence-corrected chi connectivity index (χ3v) is 1.78. The molecule has 2 unspecified atom stereocenters. The van der Waals surface area contributed by atoms with Gasteiger partial charge in [-0.2, -0.15) is 0 Å². The summed E-state index contributed by atoms with van der Waals surface area (Å²) in [4.78, 5) is 0. The molecule has 0 amide bonds. The first-order valence-corrected chi connectivity index (χ1v) is 4.65. The second kappa shape index (κ2) is 6.62. The molecule has 68 valence electrons. The van der Waals surface area contributed by atoms with E-state index in [-0.39, 0.29) is 6.04 Å². The van der Waals surface area contributed by atoms with Crippen molar-refractivity contribution in [3.63, 3.8) is 0 Å². The van der Waals surface area contributed by atoms with Gasteiger partial charge in [0.2, 0.25) is 0 Å². The Labute approximate surface area is 70.5 Å². The van der Waals surface area contributed by atoms with E-state index in [1.807, 2.05) is 6.92 Å². The molecule has 0 spiro atoms. The van der Waals surface area contributed by atoms with Crippen molar-refractivity contribution in [2.24, 2.45) is 5.73 Å². The van der Waals surface area contributed by atoms with E-state index in [1.54, 1.807) is 0 Å². The van der Waals surface area contributed by atoms with E-state index in [0.29, 0.717) is 6.04 Å². The van der Waals surface area contributed by atoms with E-state index >= 15 is 0 Å². The Morgan fingerprint density at radius 3 is 2.45 bits per heavy atom. The van der Waals surface area contributed by atoms with E-state index in [1.165, 1.54) is 19.3 Å². The summed E-state index contributed by atoms with van der Waals surface area (Å²) >= 11 is 0. The number of hydrogen-bond donors (Lipinski definition) is 2.